The summed E-state index contributed by atoms with van der Waals surface area (Å²) in [5.74, 6) is 0. The molecule has 0 aromatic carbocycles. The molecule has 0 aromatic rings. The Bertz CT molecular complexity index is 11.2. The van der Waals surface area contributed by atoms with Crippen LogP contribution in [0, 0.1) is 0 Å². The van der Waals surface area contributed by atoms with Crippen LogP contribution in [-0.2, 0) is 0 Å². The van der Waals surface area contributed by atoms with E-state index in [9.17, 15) is 0 Å². The molecule has 0 heterocycles. The molecule has 14 valence electrons. The van der Waals surface area contributed by atoms with E-state index < -0.39 is 0 Å². The molecule has 0 radical (unpaired) electrons. The number of halogens is 1. The van der Waals surface area contributed by atoms with Gasteiger partial charge in [0.1, 0.15) is 0 Å². The van der Waals surface area contributed by atoms with Crippen LogP contribution in [0.1, 0.15) is 5.71 Å². The van der Waals surface area contributed by atoms with Crippen LogP contribution in [0.5, 0.6) is 0 Å². The molecule has 0 aliphatic carbocycles. The largest absolute Gasteiger partial charge is 1.00 e. The Hall–Kier alpha value is 3.29. The van der Waals surface area contributed by atoms with Gasteiger partial charge in [-0.15, -0.1) is 12.4 Å². The third kappa shape index (κ3) is 8.99. The summed E-state index contributed by atoms with van der Waals surface area (Å²) in [5.41, 5.74) is 0. The van der Waals surface area contributed by atoms with Crippen LogP contribution in [0.4, 0.5) is 0 Å². The zero-order valence-electron chi connectivity index (χ0n) is 7.41. The van der Waals surface area contributed by atoms with Crippen molar-refractivity contribution < 1.29 is 94.4 Å². The number of hydrogen-bond acceptors (Lipinski definition) is 0. The maximum Gasteiger partial charge on any atom is 1.00 e. The number of rotatable bonds is 0. The Kier molecular flexibility index (Phi) is 108. The van der Waals surface area contributed by atoms with Crippen molar-refractivity contribution in [2.45, 2.75) is 0 Å². The molecule has 0 spiro atoms. The zero-order chi connectivity index (χ0) is 0. The normalized spacial score (nSPS) is 0. The summed E-state index contributed by atoms with van der Waals surface area (Å²) in [7, 11) is 0. The summed E-state index contributed by atoms with van der Waals surface area (Å²) in [4.78, 5) is 0. The van der Waals surface area contributed by atoms with Crippen molar-refractivity contribution in [1.82, 2.24) is 0 Å². The third-order valence-corrected chi connectivity index (χ3v) is 0. The van der Waals surface area contributed by atoms with Crippen LogP contribution in [0.2, 0.25) is 0 Å². The van der Waals surface area contributed by atoms with Gasteiger partial charge in [-0.3, -0.25) is 0 Å². The molecule has 0 aromatic heterocycles. The summed E-state index contributed by atoms with van der Waals surface area (Å²) in [6.07, 6.45) is 0. The van der Waals surface area contributed by atoms with Gasteiger partial charge in [0.2, 0.25) is 0 Å². The van der Waals surface area contributed by atoms with Crippen LogP contribution in [0.25, 0.3) is 0 Å². The second kappa shape index (κ2) is 16.3. The molecule has 0 nitrogen and oxygen atoms in total. The van der Waals surface area contributed by atoms with Gasteiger partial charge < -0.3 is 4.28 Å². The van der Waals surface area contributed by atoms with Crippen LogP contribution in [0.15, 0.2) is 0 Å². The van der Waals surface area contributed by atoms with E-state index in [0.29, 0.717) is 0 Å². The first kappa shape index (κ1) is 26.6. The molecule has 4 heteroatoms. The molecule has 0 atom stereocenters. The van der Waals surface area contributed by atoms with Gasteiger partial charge in [-0.1, -0.05) is 0 Å². The minimum Gasteiger partial charge on any atom is -1.00 e. The molecule has 0 unspecified atom stereocenters. The van der Waals surface area contributed by atoms with Gasteiger partial charge in [-0.2, -0.15) is 0 Å². The molecule has 0 aliphatic heterocycles. The third-order valence-electron chi connectivity index (χ3n) is 0. The summed E-state index contributed by atoms with van der Waals surface area (Å²) in [5, 5.41) is 0. The van der Waals surface area contributed by atoms with Gasteiger partial charge in [0.15, 0.2) is 0 Å². The summed E-state index contributed by atoms with van der Waals surface area (Å²) < 4.78 is 0. The summed E-state index contributed by atoms with van der Waals surface area (Å²) in [6, 6.07) is 0. The van der Waals surface area contributed by atoms with E-state index in [4.69, 9.17) is 0 Å². The average Bonchev–Trinajstić information content (AvgIpc) is 0. The molecule has 0 fully saturated rings. The monoisotopic (exact) mass is 109 g/mol. The first-order chi connectivity index (χ1) is 0. The fraction of sp³-hybridized carbons (Fsp3) is 0. The molecular weight excluding hydrogens is 104 g/mol. The first-order valence-corrected chi connectivity index (χ1v) is 0. The zero-order valence-corrected chi connectivity index (χ0v) is 10.2. The smallest absolute Gasteiger partial charge is 1.00 e. The van der Waals surface area contributed by atoms with Gasteiger partial charge in [0.05, 0.1) is 0 Å². The Morgan fingerprint density at radius 3 is 1.00 bits per heavy atom. The van der Waals surface area contributed by atoms with Crippen molar-refractivity contribution in [2.24, 2.45) is 0 Å². The van der Waals surface area contributed by atoms with Gasteiger partial charge in [0.25, 0.3) is 0 Å². The van der Waals surface area contributed by atoms with E-state index in [2.05, 4.69) is 0 Å². The standard InChI is InChI=1S/ClH.3Na.3H/h1H;;;;;;/q;3*+1;3*-1/p+1. The molecule has 4 heavy (non-hydrogen) atoms. The number of hydrogen-bond donors (Lipinski definition) is 0. The predicted molar refractivity (Wildman–Crippen MR) is 11.7 cm³/mol. The van der Waals surface area contributed by atoms with Crippen LogP contribution >= 0.6 is 12.4 Å². The van der Waals surface area contributed by atoms with Crippen molar-refractivity contribution in [3.8, 4) is 0 Å². The molecule has 0 bridgehead atoms. The van der Waals surface area contributed by atoms with Crippen molar-refractivity contribution in [1.29, 1.82) is 0 Å². The van der Waals surface area contributed by atoms with Gasteiger partial charge in [0, 0.05) is 0 Å². The van der Waals surface area contributed by atoms with E-state index in [0.717, 1.165) is 0 Å². The van der Waals surface area contributed by atoms with Crippen molar-refractivity contribution in [3.63, 3.8) is 0 Å². The van der Waals surface area contributed by atoms with Crippen LogP contribution in [0.3, 0.4) is 0 Å². The predicted octanol–water partition coefficient (Wildman–Crippen LogP) is -8.12. The summed E-state index contributed by atoms with van der Waals surface area (Å²) >= 11 is 0. The minimum atomic E-state index is 0. The molecule has 0 rings (SSSR count). The topological polar surface area (TPSA) is 0 Å². The van der Waals surface area contributed by atoms with Crippen molar-refractivity contribution >= 4 is 12.4 Å². The van der Waals surface area contributed by atoms with Crippen LogP contribution < -0.4 is 88.7 Å². The Morgan fingerprint density at radius 1 is 1.00 bits per heavy atom. The van der Waals surface area contributed by atoms with Gasteiger partial charge in [-0.05, 0) is 0 Å². The van der Waals surface area contributed by atoms with E-state index in [-0.39, 0.29) is 107 Å². The molecule has 0 saturated carbocycles. The second-order valence-electron chi connectivity index (χ2n) is 0. The van der Waals surface area contributed by atoms with E-state index in [1.165, 1.54) is 0 Å². The quantitative estimate of drug-likeness (QED) is 0.271. The molecule has 0 N–H and O–H groups in total. The van der Waals surface area contributed by atoms with Crippen LogP contribution in [-0.4, -0.2) is 0 Å². The van der Waals surface area contributed by atoms with E-state index in [1.807, 2.05) is 0 Å². The fourth-order valence-corrected chi connectivity index (χ4v) is 0. The van der Waals surface area contributed by atoms with Gasteiger partial charge >= 0.3 is 90.1 Å². The van der Waals surface area contributed by atoms with E-state index in [1.54, 1.807) is 0 Å². The molecule has 0 aliphatic rings. The Balaban J connectivity index is 0. The Labute approximate surface area is 105 Å². The average molecular weight is 109 g/mol. The van der Waals surface area contributed by atoms with Crippen molar-refractivity contribution in [3.05, 3.63) is 0 Å². The minimum absolute atomic E-state index is 0. The molecular formula is H5ClNa3+. The fourth-order valence-electron chi connectivity index (χ4n) is 0. The SMILES string of the molecule is Cl.[H+].[H-].[H-].[H-].[Na+].[Na+].[Na+]. The summed E-state index contributed by atoms with van der Waals surface area (Å²) in [6.45, 7) is 0. The van der Waals surface area contributed by atoms with Gasteiger partial charge in [-0.25, -0.2) is 0 Å². The molecule has 0 amide bonds. The Morgan fingerprint density at radius 2 is 1.00 bits per heavy atom. The maximum absolute atomic E-state index is 0. The first-order valence-electron chi connectivity index (χ1n) is 0. The molecule has 0 saturated heterocycles. The second-order valence-corrected chi connectivity index (χ2v) is 0. The van der Waals surface area contributed by atoms with Crippen molar-refractivity contribution in [2.75, 3.05) is 0 Å². The maximum atomic E-state index is 0. The van der Waals surface area contributed by atoms with E-state index >= 15 is 0 Å².